The molecule has 1 atom stereocenters. The molecule has 0 radical (unpaired) electrons. The maximum atomic E-state index is 10.7. The van der Waals surface area contributed by atoms with Crippen LogP contribution >= 0.6 is 0 Å². The number of aromatic nitrogens is 3. The van der Waals surface area contributed by atoms with Crippen molar-refractivity contribution in [2.75, 3.05) is 13.7 Å². The molecule has 1 aromatic rings. The van der Waals surface area contributed by atoms with Crippen LogP contribution in [0.3, 0.4) is 0 Å². The number of hydrogen-bond donors (Lipinski definition) is 2. The summed E-state index contributed by atoms with van der Waals surface area (Å²) in [6, 6.07) is 0.0531. The van der Waals surface area contributed by atoms with Crippen LogP contribution in [0.25, 0.3) is 0 Å². The van der Waals surface area contributed by atoms with Gasteiger partial charge in [0.1, 0.15) is 0 Å². The molecule has 0 saturated carbocycles. The van der Waals surface area contributed by atoms with Gasteiger partial charge in [0.25, 0.3) is 0 Å². The van der Waals surface area contributed by atoms with Crippen LogP contribution in [0.1, 0.15) is 37.2 Å². The van der Waals surface area contributed by atoms with Gasteiger partial charge in [0, 0.05) is 13.7 Å². The predicted octanol–water partition coefficient (Wildman–Crippen LogP) is 0.385. The Morgan fingerprint density at radius 2 is 2.28 bits per heavy atom. The summed E-state index contributed by atoms with van der Waals surface area (Å²) in [5, 5.41) is 25.5. The molecule has 0 bridgehead atoms. The van der Waals surface area contributed by atoms with Crippen molar-refractivity contribution < 1.29 is 19.7 Å². The Labute approximate surface area is 105 Å². The van der Waals surface area contributed by atoms with Gasteiger partial charge in [0.15, 0.2) is 0 Å². The van der Waals surface area contributed by atoms with Crippen molar-refractivity contribution in [2.45, 2.75) is 38.8 Å². The Morgan fingerprint density at radius 3 is 2.83 bits per heavy atom. The molecule has 2 N–H and O–H groups in total. The van der Waals surface area contributed by atoms with E-state index in [1.165, 1.54) is 0 Å². The number of aliphatic hydroxyl groups is 1. The van der Waals surface area contributed by atoms with Gasteiger partial charge in [-0.1, -0.05) is 5.21 Å². The highest BCUT2D eigenvalue weighted by molar-refractivity contribution is 5.69. The van der Waals surface area contributed by atoms with Crippen LogP contribution in [0.4, 0.5) is 0 Å². The molecule has 1 aromatic heterocycles. The van der Waals surface area contributed by atoms with Crippen LogP contribution in [0.15, 0.2) is 0 Å². The zero-order valence-electron chi connectivity index (χ0n) is 10.7. The average molecular weight is 257 g/mol. The van der Waals surface area contributed by atoms with Gasteiger partial charge in [-0.2, -0.15) is 0 Å². The highest BCUT2D eigenvalue weighted by atomic mass is 16.5. The largest absolute Gasteiger partial charge is 0.481 e. The first-order valence-electron chi connectivity index (χ1n) is 5.84. The first kappa shape index (κ1) is 14.6. The number of ether oxygens (including phenoxy) is 1. The molecule has 1 heterocycles. The minimum atomic E-state index is -0.942. The van der Waals surface area contributed by atoms with Crippen molar-refractivity contribution in [3.63, 3.8) is 0 Å². The van der Waals surface area contributed by atoms with Crippen LogP contribution in [0.5, 0.6) is 0 Å². The summed E-state index contributed by atoms with van der Waals surface area (Å²) in [5.74, 6) is -0.942. The van der Waals surface area contributed by atoms with E-state index in [1.54, 1.807) is 11.8 Å². The molecule has 0 amide bonds. The van der Waals surface area contributed by atoms with E-state index in [0.717, 1.165) is 6.42 Å². The Morgan fingerprint density at radius 1 is 1.56 bits per heavy atom. The lowest BCUT2D eigenvalue weighted by atomic mass is 10.1. The minimum absolute atomic E-state index is 0.0531. The number of methoxy groups -OCH3 is 1. The number of carbonyl (C=O) groups is 1. The van der Waals surface area contributed by atoms with Crippen molar-refractivity contribution in [2.24, 2.45) is 0 Å². The van der Waals surface area contributed by atoms with Crippen LogP contribution in [0, 0.1) is 0 Å². The SMILES string of the molecule is COCc1c(CC(=O)O)nnn1C(C)CCCO. The maximum absolute atomic E-state index is 10.7. The van der Waals surface area contributed by atoms with E-state index in [2.05, 4.69) is 10.3 Å². The molecule has 0 saturated heterocycles. The summed E-state index contributed by atoms with van der Waals surface area (Å²) in [6.07, 6.45) is 1.26. The van der Waals surface area contributed by atoms with Gasteiger partial charge in [0.05, 0.1) is 30.5 Å². The van der Waals surface area contributed by atoms with E-state index in [4.69, 9.17) is 14.9 Å². The fraction of sp³-hybridized carbons (Fsp3) is 0.727. The molecule has 1 rings (SSSR count). The highest BCUT2D eigenvalue weighted by Gasteiger charge is 2.18. The molecule has 0 fully saturated rings. The first-order valence-corrected chi connectivity index (χ1v) is 5.84. The van der Waals surface area contributed by atoms with E-state index in [9.17, 15) is 4.79 Å². The quantitative estimate of drug-likeness (QED) is 0.699. The fourth-order valence-electron chi connectivity index (χ4n) is 1.78. The molecule has 7 nitrogen and oxygen atoms in total. The van der Waals surface area contributed by atoms with E-state index >= 15 is 0 Å². The number of aliphatic hydroxyl groups excluding tert-OH is 1. The van der Waals surface area contributed by atoms with E-state index in [0.29, 0.717) is 17.8 Å². The van der Waals surface area contributed by atoms with Gasteiger partial charge in [-0.05, 0) is 19.8 Å². The van der Waals surface area contributed by atoms with Gasteiger partial charge < -0.3 is 14.9 Å². The molecule has 0 aliphatic carbocycles. The van der Waals surface area contributed by atoms with Crippen molar-refractivity contribution in [1.29, 1.82) is 0 Å². The number of nitrogens with zero attached hydrogens (tertiary/aromatic N) is 3. The number of rotatable bonds is 8. The van der Waals surface area contributed by atoms with Crippen LogP contribution in [0.2, 0.25) is 0 Å². The van der Waals surface area contributed by atoms with Crippen LogP contribution in [-0.2, 0) is 22.6 Å². The van der Waals surface area contributed by atoms with Crippen LogP contribution < -0.4 is 0 Å². The number of hydrogen-bond acceptors (Lipinski definition) is 5. The normalized spacial score (nSPS) is 12.6. The lowest BCUT2D eigenvalue weighted by molar-refractivity contribution is -0.136. The standard InChI is InChI=1S/C11H19N3O4/c1-8(4-3-5-15)14-10(7-18-2)9(12-13-14)6-11(16)17/h8,15H,3-7H2,1-2H3,(H,16,17). The molecule has 102 valence electrons. The lowest BCUT2D eigenvalue weighted by Gasteiger charge is -2.14. The minimum Gasteiger partial charge on any atom is -0.481 e. The zero-order valence-corrected chi connectivity index (χ0v) is 10.7. The van der Waals surface area contributed by atoms with E-state index in [1.807, 2.05) is 6.92 Å². The van der Waals surface area contributed by atoms with E-state index in [-0.39, 0.29) is 25.7 Å². The average Bonchev–Trinajstić information content (AvgIpc) is 2.69. The monoisotopic (exact) mass is 257 g/mol. The maximum Gasteiger partial charge on any atom is 0.309 e. The second-order valence-electron chi connectivity index (χ2n) is 4.15. The molecule has 0 aliphatic heterocycles. The van der Waals surface area contributed by atoms with Gasteiger partial charge in [0.2, 0.25) is 0 Å². The van der Waals surface area contributed by atoms with Crippen molar-refractivity contribution >= 4 is 5.97 Å². The molecule has 1 unspecified atom stereocenters. The lowest BCUT2D eigenvalue weighted by Crippen LogP contribution is -2.13. The molecule has 18 heavy (non-hydrogen) atoms. The van der Waals surface area contributed by atoms with Crippen molar-refractivity contribution in [3.05, 3.63) is 11.4 Å². The second kappa shape index (κ2) is 7.07. The van der Waals surface area contributed by atoms with Gasteiger partial charge in [-0.15, -0.1) is 5.10 Å². The Kier molecular flexibility index (Phi) is 5.73. The smallest absolute Gasteiger partial charge is 0.309 e. The summed E-state index contributed by atoms with van der Waals surface area (Å²) < 4.78 is 6.74. The number of carboxylic acids is 1. The Balaban J connectivity index is 2.89. The van der Waals surface area contributed by atoms with Crippen molar-refractivity contribution in [3.8, 4) is 0 Å². The molecule has 0 spiro atoms. The molecule has 0 aliphatic rings. The Hall–Kier alpha value is -1.47. The van der Waals surface area contributed by atoms with Crippen molar-refractivity contribution in [1.82, 2.24) is 15.0 Å². The topological polar surface area (TPSA) is 97.5 Å². The summed E-state index contributed by atoms with van der Waals surface area (Å²) in [6.45, 7) is 2.35. The zero-order chi connectivity index (χ0) is 13.5. The van der Waals surface area contributed by atoms with E-state index < -0.39 is 5.97 Å². The summed E-state index contributed by atoms with van der Waals surface area (Å²) in [4.78, 5) is 10.7. The molecule has 7 heteroatoms. The third-order valence-electron chi connectivity index (χ3n) is 2.67. The summed E-state index contributed by atoms with van der Waals surface area (Å²) in [7, 11) is 1.54. The number of carboxylic acid groups (broad SMARTS) is 1. The number of aliphatic carboxylic acids is 1. The molecule has 0 aromatic carbocycles. The third-order valence-corrected chi connectivity index (χ3v) is 2.67. The highest BCUT2D eigenvalue weighted by Crippen LogP contribution is 2.17. The molecular weight excluding hydrogens is 238 g/mol. The third kappa shape index (κ3) is 3.78. The summed E-state index contributed by atoms with van der Waals surface area (Å²) >= 11 is 0. The van der Waals surface area contributed by atoms with Crippen LogP contribution in [-0.4, -0.2) is 44.9 Å². The summed E-state index contributed by atoms with van der Waals surface area (Å²) in [5.41, 5.74) is 1.12. The van der Waals surface area contributed by atoms with Gasteiger partial charge in [-0.3, -0.25) is 4.79 Å². The van der Waals surface area contributed by atoms with Gasteiger partial charge in [-0.25, -0.2) is 4.68 Å². The molecular formula is C11H19N3O4. The first-order chi connectivity index (χ1) is 8.60. The predicted molar refractivity (Wildman–Crippen MR) is 63.1 cm³/mol. The second-order valence-corrected chi connectivity index (χ2v) is 4.15. The fourth-order valence-corrected chi connectivity index (χ4v) is 1.78. The van der Waals surface area contributed by atoms with Gasteiger partial charge >= 0.3 is 5.97 Å². The Bertz CT molecular complexity index is 392.